The molecule has 0 spiro atoms. The molecule has 0 heteroatoms. The molecular formula is C79H96. The van der Waals surface area contributed by atoms with Crippen molar-refractivity contribution in [3.63, 3.8) is 0 Å². The van der Waals surface area contributed by atoms with Gasteiger partial charge in [-0.15, -0.1) is 0 Å². The molecule has 0 aromatic heterocycles. The molecule has 0 unspecified atom stereocenters. The minimum Gasteiger partial charge on any atom is -0.0683 e. The number of benzene rings is 11. The number of fused-ring (bicyclic) bond motifs is 2. The summed E-state index contributed by atoms with van der Waals surface area (Å²) in [5.74, 6) is 0. The molecule has 0 fully saturated rings. The highest BCUT2D eigenvalue weighted by Gasteiger charge is 2.03. The van der Waals surface area contributed by atoms with Gasteiger partial charge in [-0.3, -0.25) is 0 Å². The summed E-state index contributed by atoms with van der Waals surface area (Å²) in [6.45, 7) is 34.5. The molecule has 0 N–H and O–H groups in total. The zero-order valence-electron chi connectivity index (χ0n) is 51.5. The number of rotatable bonds is 4. The van der Waals surface area contributed by atoms with Crippen molar-refractivity contribution in [1.29, 1.82) is 0 Å². The minimum atomic E-state index is 1.28. The van der Waals surface area contributed by atoms with E-state index in [1.807, 2.05) is 113 Å². The Morgan fingerprint density at radius 2 is 0.456 bits per heavy atom. The van der Waals surface area contributed by atoms with Crippen molar-refractivity contribution in [2.75, 3.05) is 0 Å². The van der Waals surface area contributed by atoms with Crippen molar-refractivity contribution in [3.05, 3.63) is 301 Å². The van der Waals surface area contributed by atoms with Crippen LogP contribution in [0.5, 0.6) is 0 Å². The van der Waals surface area contributed by atoms with Crippen LogP contribution in [0.1, 0.15) is 111 Å². The number of hydrogen-bond acceptors (Lipinski definition) is 0. The lowest BCUT2D eigenvalue weighted by Crippen LogP contribution is -1.81. The van der Waals surface area contributed by atoms with Crippen LogP contribution in [0.25, 0.3) is 66.1 Å². The van der Waals surface area contributed by atoms with Crippen molar-refractivity contribution in [1.82, 2.24) is 0 Å². The molecular weight excluding hydrogens is 949 g/mol. The molecule has 79 heavy (non-hydrogen) atoms. The van der Waals surface area contributed by atoms with Gasteiger partial charge in [0.05, 0.1) is 0 Å². The first-order valence-electron chi connectivity index (χ1n) is 29.2. The third-order valence-corrected chi connectivity index (χ3v) is 11.5. The van der Waals surface area contributed by atoms with Crippen molar-refractivity contribution < 1.29 is 0 Å². The summed E-state index contributed by atoms with van der Waals surface area (Å²) in [7, 11) is 0. The van der Waals surface area contributed by atoms with Gasteiger partial charge in [0.2, 0.25) is 0 Å². The van der Waals surface area contributed by atoms with Crippen LogP contribution in [0.2, 0.25) is 0 Å². The fraction of sp³-hybridized carbons (Fsp3) is 0.215. The molecule has 11 aromatic rings. The van der Waals surface area contributed by atoms with Gasteiger partial charge in [0.15, 0.2) is 0 Å². The second kappa shape index (κ2) is 43.0. The summed E-state index contributed by atoms with van der Waals surface area (Å²) in [6.07, 6.45) is 0. The molecule has 0 saturated carbocycles. The quantitative estimate of drug-likeness (QED) is 0.165. The third kappa shape index (κ3) is 25.3. The minimum absolute atomic E-state index is 1.28. The van der Waals surface area contributed by atoms with Crippen LogP contribution < -0.4 is 0 Å². The maximum Gasteiger partial charge on any atom is -0.0105 e. The Labute approximate surface area is 482 Å². The first-order valence-corrected chi connectivity index (χ1v) is 29.2. The fourth-order valence-corrected chi connectivity index (χ4v) is 7.69. The molecule has 412 valence electrons. The summed E-state index contributed by atoms with van der Waals surface area (Å²) >= 11 is 0. The second-order valence-electron chi connectivity index (χ2n) is 16.9. The number of hydrogen-bond donors (Lipinski definition) is 0. The van der Waals surface area contributed by atoms with E-state index >= 15 is 0 Å². The molecule has 11 aromatic carbocycles. The van der Waals surface area contributed by atoms with Crippen molar-refractivity contribution >= 4 is 21.5 Å². The van der Waals surface area contributed by atoms with Crippen LogP contribution in [-0.4, -0.2) is 0 Å². The maximum absolute atomic E-state index is 2.25. The predicted molar refractivity (Wildman–Crippen MR) is 361 cm³/mol. The standard InChI is InChI=1S/2C17H14.2C13H12.C7H8.6C2H6/c1-13-9-11-15(12-10-13)17-8-4-6-14-5-2-3-7-16(14)17;1-13-6-8-15(9-7-13)17-11-10-14-4-2-3-5-16(14)12-17;1-11-6-5-9-13(10-11)12-7-3-2-4-8-12;1-11-7-9-13(10-8-11)12-5-3-2-4-6-12;1-7-5-3-2-4-6-7;6*1-2/h2*2-12H,1H3;2*2-10H,1H3;2-6H,1H3;6*1-2H3. The Morgan fingerprint density at radius 3 is 0.911 bits per heavy atom. The summed E-state index contributed by atoms with van der Waals surface area (Å²) in [5.41, 5.74) is 16.8. The molecule has 0 bridgehead atoms. The zero-order valence-corrected chi connectivity index (χ0v) is 51.5. The summed E-state index contributed by atoms with van der Waals surface area (Å²) in [6, 6.07) is 95.8. The highest BCUT2D eigenvalue weighted by Crippen LogP contribution is 2.29. The van der Waals surface area contributed by atoms with Crippen LogP contribution in [0.15, 0.2) is 273 Å². The Morgan fingerprint density at radius 1 is 0.165 bits per heavy atom. The van der Waals surface area contributed by atoms with E-state index in [4.69, 9.17) is 0 Å². The van der Waals surface area contributed by atoms with Crippen molar-refractivity contribution in [3.8, 4) is 44.5 Å². The smallest absolute Gasteiger partial charge is 0.0105 e. The maximum atomic E-state index is 2.25. The molecule has 0 atom stereocenters. The van der Waals surface area contributed by atoms with Gasteiger partial charge >= 0.3 is 0 Å². The largest absolute Gasteiger partial charge is 0.0683 e. The topological polar surface area (TPSA) is 0 Å². The van der Waals surface area contributed by atoms with Gasteiger partial charge in [-0.05, 0) is 107 Å². The lowest BCUT2D eigenvalue weighted by atomic mass is 9.98. The molecule has 0 amide bonds. The van der Waals surface area contributed by atoms with Gasteiger partial charge < -0.3 is 0 Å². The summed E-state index contributed by atoms with van der Waals surface area (Å²) in [4.78, 5) is 0. The lowest BCUT2D eigenvalue weighted by Gasteiger charge is -2.07. The average molecular weight is 1050 g/mol. The van der Waals surface area contributed by atoms with Crippen LogP contribution >= 0.6 is 0 Å². The van der Waals surface area contributed by atoms with E-state index in [-0.39, 0.29) is 0 Å². The van der Waals surface area contributed by atoms with E-state index < -0.39 is 0 Å². The normalized spacial score (nSPS) is 9.08. The molecule has 0 heterocycles. The van der Waals surface area contributed by atoms with Gasteiger partial charge in [-0.2, -0.15) is 0 Å². The Balaban J connectivity index is 0.000000479. The van der Waals surface area contributed by atoms with E-state index in [0.29, 0.717) is 0 Å². The van der Waals surface area contributed by atoms with Crippen molar-refractivity contribution in [2.24, 2.45) is 0 Å². The Hall–Kier alpha value is -8.06. The van der Waals surface area contributed by atoms with E-state index in [0.717, 1.165) is 0 Å². The molecule has 0 aliphatic heterocycles. The molecule has 0 aliphatic carbocycles. The van der Waals surface area contributed by atoms with Gasteiger partial charge in [0, 0.05) is 0 Å². The SMILES string of the molecule is CC.CC.CC.CC.CC.CC.Cc1ccc(-c2ccc3ccccc3c2)cc1.Cc1ccc(-c2cccc3ccccc23)cc1.Cc1ccc(-c2ccccc2)cc1.Cc1cccc(-c2ccccc2)c1.Cc1ccccc1. The van der Waals surface area contributed by atoms with E-state index in [9.17, 15) is 0 Å². The van der Waals surface area contributed by atoms with E-state index in [2.05, 4.69) is 277 Å². The van der Waals surface area contributed by atoms with Gasteiger partial charge in [0.1, 0.15) is 0 Å². The Kier molecular flexibility index (Phi) is 37.5. The third-order valence-electron chi connectivity index (χ3n) is 11.5. The molecule has 0 saturated heterocycles. The van der Waals surface area contributed by atoms with Crippen LogP contribution in [-0.2, 0) is 0 Å². The van der Waals surface area contributed by atoms with Crippen LogP contribution in [0, 0.1) is 34.6 Å². The number of aryl methyl sites for hydroxylation is 5. The zero-order chi connectivity index (χ0) is 58.6. The molecule has 0 radical (unpaired) electrons. The first kappa shape index (κ1) is 69.0. The van der Waals surface area contributed by atoms with Gasteiger partial charge in [-0.1, -0.05) is 378 Å². The van der Waals surface area contributed by atoms with Gasteiger partial charge in [0.25, 0.3) is 0 Å². The van der Waals surface area contributed by atoms with Crippen molar-refractivity contribution in [2.45, 2.75) is 118 Å². The monoisotopic (exact) mass is 1040 g/mol. The summed E-state index contributed by atoms with van der Waals surface area (Å²) < 4.78 is 0. The van der Waals surface area contributed by atoms with Crippen LogP contribution in [0.3, 0.4) is 0 Å². The highest BCUT2D eigenvalue weighted by molar-refractivity contribution is 5.96. The molecule has 0 aliphatic rings. The summed E-state index contributed by atoms with van der Waals surface area (Å²) in [5, 5.41) is 5.21. The van der Waals surface area contributed by atoms with Gasteiger partial charge in [-0.25, -0.2) is 0 Å². The molecule has 0 nitrogen and oxygen atoms in total. The first-order chi connectivity index (χ1) is 38.8. The van der Waals surface area contributed by atoms with E-state index in [1.54, 1.807) is 0 Å². The predicted octanol–water partition coefficient (Wildman–Crippen LogP) is 25.1. The average Bonchev–Trinajstić information content (AvgIpc) is 3.54. The fourth-order valence-electron chi connectivity index (χ4n) is 7.69. The second-order valence-corrected chi connectivity index (χ2v) is 16.9. The molecule has 11 rings (SSSR count). The van der Waals surface area contributed by atoms with E-state index in [1.165, 1.54) is 93.9 Å². The Bertz CT molecular complexity index is 3150. The highest BCUT2D eigenvalue weighted by atomic mass is 14.1. The lowest BCUT2D eigenvalue weighted by molar-refractivity contribution is 1.47. The van der Waals surface area contributed by atoms with Crippen LogP contribution in [0.4, 0.5) is 0 Å².